The minimum atomic E-state index is 0.299. The van der Waals surface area contributed by atoms with Crippen molar-refractivity contribution in [3.63, 3.8) is 0 Å². The molecule has 0 fully saturated rings. The van der Waals surface area contributed by atoms with Crippen molar-refractivity contribution in [1.82, 2.24) is 5.32 Å². The molecule has 1 aromatic carbocycles. The maximum atomic E-state index is 5.35. The standard InChI is InChI=1S/C14H23NO2/c1-4-17-11-7-10-15-12(2)13-8-5-6-9-14(13)16-3/h5-6,8-9,12,15H,4,7,10-11H2,1-3H3. The van der Waals surface area contributed by atoms with Crippen LogP contribution in [0.15, 0.2) is 24.3 Å². The summed E-state index contributed by atoms with van der Waals surface area (Å²) in [5.41, 5.74) is 1.20. The van der Waals surface area contributed by atoms with E-state index in [1.807, 2.05) is 25.1 Å². The van der Waals surface area contributed by atoms with E-state index in [-0.39, 0.29) is 0 Å². The molecular weight excluding hydrogens is 214 g/mol. The Morgan fingerprint density at radius 3 is 2.76 bits per heavy atom. The quantitative estimate of drug-likeness (QED) is 0.705. The Labute approximate surface area is 104 Å². The zero-order chi connectivity index (χ0) is 12.5. The third kappa shape index (κ3) is 4.75. The summed E-state index contributed by atoms with van der Waals surface area (Å²) >= 11 is 0. The van der Waals surface area contributed by atoms with Crippen molar-refractivity contribution in [2.24, 2.45) is 0 Å². The van der Waals surface area contributed by atoms with Crippen LogP contribution < -0.4 is 10.1 Å². The van der Waals surface area contributed by atoms with Crippen LogP contribution >= 0.6 is 0 Å². The Morgan fingerprint density at radius 1 is 1.29 bits per heavy atom. The first-order valence-electron chi connectivity index (χ1n) is 6.23. The van der Waals surface area contributed by atoms with Crippen molar-refractivity contribution in [1.29, 1.82) is 0 Å². The van der Waals surface area contributed by atoms with Gasteiger partial charge in [-0.2, -0.15) is 0 Å². The van der Waals surface area contributed by atoms with E-state index in [1.165, 1.54) is 5.56 Å². The molecule has 1 N–H and O–H groups in total. The van der Waals surface area contributed by atoms with Gasteiger partial charge in [-0.25, -0.2) is 0 Å². The van der Waals surface area contributed by atoms with Crippen LogP contribution in [-0.2, 0) is 4.74 Å². The Morgan fingerprint density at radius 2 is 2.06 bits per heavy atom. The van der Waals surface area contributed by atoms with Crippen LogP contribution in [0.2, 0.25) is 0 Å². The van der Waals surface area contributed by atoms with Crippen LogP contribution in [0.5, 0.6) is 5.75 Å². The number of rotatable bonds is 8. The van der Waals surface area contributed by atoms with Crippen LogP contribution in [-0.4, -0.2) is 26.9 Å². The monoisotopic (exact) mass is 237 g/mol. The molecule has 0 radical (unpaired) electrons. The summed E-state index contributed by atoms with van der Waals surface area (Å²) in [4.78, 5) is 0. The molecule has 1 rings (SSSR count). The van der Waals surface area contributed by atoms with Gasteiger partial charge in [-0.3, -0.25) is 0 Å². The van der Waals surface area contributed by atoms with Crippen molar-refractivity contribution in [3.05, 3.63) is 29.8 Å². The smallest absolute Gasteiger partial charge is 0.123 e. The molecular formula is C14H23NO2. The first kappa shape index (κ1) is 14.0. The number of hydrogen-bond acceptors (Lipinski definition) is 3. The molecule has 0 aliphatic rings. The van der Waals surface area contributed by atoms with E-state index in [1.54, 1.807) is 7.11 Å². The summed E-state index contributed by atoms with van der Waals surface area (Å²) in [6.45, 7) is 6.74. The van der Waals surface area contributed by atoms with E-state index >= 15 is 0 Å². The van der Waals surface area contributed by atoms with Gasteiger partial charge in [0.05, 0.1) is 7.11 Å². The van der Waals surface area contributed by atoms with Crippen molar-refractivity contribution in [2.45, 2.75) is 26.3 Å². The normalized spacial score (nSPS) is 12.4. The molecule has 17 heavy (non-hydrogen) atoms. The Kier molecular flexibility index (Phi) is 6.67. The van der Waals surface area contributed by atoms with E-state index in [0.717, 1.165) is 31.9 Å². The molecule has 1 unspecified atom stereocenters. The van der Waals surface area contributed by atoms with Gasteiger partial charge in [-0.1, -0.05) is 18.2 Å². The summed E-state index contributed by atoms with van der Waals surface area (Å²) in [5.74, 6) is 0.942. The third-order valence-corrected chi connectivity index (χ3v) is 2.73. The lowest BCUT2D eigenvalue weighted by molar-refractivity contribution is 0.144. The molecule has 1 aromatic rings. The van der Waals surface area contributed by atoms with Gasteiger partial charge >= 0.3 is 0 Å². The molecule has 0 saturated heterocycles. The zero-order valence-corrected chi connectivity index (χ0v) is 11.0. The number of methoxy groups -OCH3 is 1. The lowest BCUT2D eigenvalue weighted by Gasteiger charge is -2.17. The number of hydrogen-bond donors (Lipinski definition) is 1. The Hall–Kier alpha value is -1.06. The van der Waals surface area contributed by atoms with Crippen LogP contribution in [0.4, 0.5) is 0 Å². The summed E-state index contributed by atoms with van der Waals surface area (Å²) in [7, 11) is 1.71. The lowest BCUT2D eigenvalue weighted by atomic mass is 10.1. The highest BCUT2D eigenvalue weighted by atomic mass is 16.5. The van der Waals surface area contributed by atoms with E-state index in [4.69, 9.17) is 9.47 Å². The molecule has 0 heterocycles. The fourth-order valence-electron chi connectivity index (χ4n) is 1.77. The van der Waals surface area contributed by atoms with E-state index in [0.29, 0.717) is 6.04 Å². The number of benzene rings is 1. The molecule has 0 aromatic heterocycles. The topological polar surface area (TPSA) is 30.5 Å². The van der Waals surface area contributed by atoms with E-state index < -0.39 is 0 Å². The van der Waals surface area contributed by atoms with Gasteiger partial charge < -0.3 is 14.8 Å². The molecule has 0 amide bonds. The molecule has 3 heteroatoms. The number of ether oxygens (including phenoxy) is 2. The van der Waals surface area contributed by atoms with Gasteiger partial charge in [0.15, 0.2) is 0 Å². The molecule has 3 nitrogen and oxygen atoms in total. The van der Waals surface area contributed by atoms with Crippen LogP contribution in [0.25, 0.3) is 0 Å². The van der Waals surface area contributed by atoms with Crippen LogP contribution in [0, 0.1) is 0 Å². The molecule has 1 atom stereocenters. The molecule has 96 valence electrons. The van der Waals surface area contributed by atoms with Crippen LogP contribution in [0.3, 0.4) is 0 Å². The second kappa shape index (κ2) is 8.09. The molecule has 0 aliphatic heterocycles. The number of para-hydroxylation sites is 1. The summed E-state index contributed by atoms with van der Waals surface area (Å²) in [6.07, 6.45) is 1.04. The van der Waals surface area contributed by atoms with Gasteiger partial charge in [0.2, 0.25) is 0 Å². The lowest BCUT2D eigenvalue weighted by Crippen LogP contribution is -2.21. The maximum Gasteiger partial charge on any atom is 0.123 e. The van der Waals surface area contributed by atoms with Crippen molar-refractivity contribution in [2.75, 3.05) is 26.9 Å². The zero-order valence-electron chi connectivity index (χ0n) is 11.0. The predicted molar refractivity (Wildman–Crippen MR) is 70.5 cm³/mol. The van der Waals surface area contributed by atoms with Gasteiger partial charge in [0.25, 0.3) is 0 Å². The highest BCUT2D eigenvalue weighted by molar-refractivity contribution is 5.35. The van der Waals surface area contributed by atoms with Crippen molar-refractivity contribution < 1.29 is 9.47 Å². The van der Waals surface area contributed by atoms with Gasteiger partial charge in [0.1, 0.15) is 5.75 Å². The second-order valence-corrected chi connectivity index (χ2v) is 3.97. The summed E-state index contributed by atoms with van der Waals surface area (Å²) in [6, 6.07) is 8.42. The summed E-state index contributed by atoms with van der Waals surface area (Å²) < 4.78 is 10.6. The largest absolute Gasteiger partial charge is 0.496 e. The average molecular weight is 237 g/mol. The van der Waals surface area contributed by atoms with E-state index in [9.17, 15) is 0 Å². The average Bonchev–Trinajstić information content (AvgIpc) is 2.38. The third-order valence-electron chi connectivity index (χ3n) is 2.73. The first-order chi connectivity index (χ1) is 8.29. The van der Waals surface area contributed by atoms with Crippen LogP contribution in [0.1, 0.15) is 31.9 Å². The first-order valence-corrected chi connectivity index (χ1v) is 6.23. The molecule has 0 spiro atoms. The van der Waals surface area contributed by atoms with Crippen molar-refractivity contribution in [3.8, 4) is 5.75 Å². The number of nitrogens with one attached hydrogen (secondary N) is 1. The molecule has 0 saturated carbocycles. The predicted octanol–water partition coefficient (Wildman–Crippen LogP) is 2.77. The molecule has 0 bridgehead atoms. The Balaban J connectivity index is 2.38. The SMILES string of the molecule is CCOCCCNC(C)c1ccccc1OC. The molecule has 0 aliphatic carbocycles. The van der Waals surface area contributed by atoms with Gasteiger partial charge in [-0.05, 0) is 32.9 Å². The second-order valence-electron chi connectivity index (χ2n) is 3.97. The Bertz CT molecular complexity index is 315. The highest BCUT2D eigenvalue weighted by Crippen LogP contribution is 2.23. The highest BCUT2D eigenvalue weighted by Gasteiger charge is 2.09. The van der Waals surface area contributed by atoms with Crippen molar-refractivity contribution >= 4 is 0 Å². The van der Waals surface area contributed by atoms with Gasteiger partial charge in [0, 0.05) is 24.8 Å². The minimum absolute atomic E-state index is 0.299. The summed E-state index contributed by atoms with van der Waals surface area (Å²) in [5, 5.41) is 3.47. The van der Waals surface area contributed by atoms with Gasteiger partial charge in [-0.15, -0.1) is 0 Å². The maximum absolute atomic E-state index is 5.35. The minimum Gasteiger partial charge on any atom is -0.496 e. The fraction of sp³-hybridized carbons (Fsp3) is 0.571. The van der Waals surface area contributed by atoms with E-state index in [2.05, 4.69) is 18.3 Å². The fourth-order valence-corrected chi connectivity index (χ4v) is 1.77.